The summed E-state index contributed by atoms with van der Waals surface area (Å²) in [5.41, 5.74) is 1.38. The van der Waals surface area contributed by atoms with Gasteiger partial charge in [0.05, 0.1) is 7.11 Å². The van der Waals surface area contributed by atoms with Gasteiger partial charge in [-0.1, -0.05) is 43.7 Å². The van der Waals surface area contributed by atoms with E-state index in [4.69, 9.17) is 4.74 Å². The van der Waals surface area contributed by atoms with Gasteiger partial charge >= 0.3 is 0 Å². The smallest absolute Gasteiger partial charge is 0.127 e. The highest BCUT2D eigenvalue weighted by Gasteiger charge is 1.97. The fourth-order valence-electron chi connectivity index (χ4n) is 1.73. The van der Waals surface area contributed by atoms with Crippen LogP contribution in [0.15, 0.2) is 54.6 Å². The fourth-order valence-corrected chi connectivity index (χ4v) is 1.73. The molecule has 0 atom stereocenters. The summed E-state index contributed by atoms with van der Waals surface area (Å²) in [5, 5.41) is 0. The van der Waals surface area contributed by atoms with Crippen LogP contribution in [0, 0.1) is 0 Å². The predicted molar refractivity (Wildman–Crippen MR) is 92.1 cm³/mol. The van der Waals surface area contributed by atoms with Crippen molar-refractivity contribution >= 4 is 12.0 Å². The van der Waals surface area contributed by atoms with Crippen molar-refractivity contribution in [1.82, 2.24) is 0 Å². The summed E-state index contributed by atoms with van der Waals surface area (Å²) in [6.45, 7) is 2.22. The molecule has 0 amide bonds. The Labute approximate surface area is 132 Å². The van der Waals surface area contributed by atoms with E-state index in [1.165, 1.54) is 30.4 Å². The molecule has 0 bridgehead atoms. The maximum absolute atomic E-state index is 5.74. The van der Waals surface area contributed by atoms with Crippen LogP contribution in [0.5, 0.6) is 11.5 Å². The van der Waals surface area contributed by atoms with Gasteiger partial charge in [-0.3, -0.25) is 0 Å². The van der Waals surface area contributed by atoms with Crippen LogP contribution in [0.25, 0.3) is 0 Å². The van der Waals surface area contributed by atoms with Crippen molar-refractivity contribution in [2.45, 2.75) is 26.2 Å². The monoisotopic (exact) mass is 304 g/mol. The number of para-hydroxylation sites is 1. The highest BCUT2D eigenvalue weighted by Crippen LogP contribution is 2.21. The number of rotatable bonds is 6. The third-order valence-electron chi connectivity index (χ3n) is 2.89. The van der Waals surface area contributed by atoms with E-state index >= 15 is 0 Å². The van der Waals surface area contributed by atoms with E-state index in [1.54, 1.807) is 7.11 Å². The normalized spacial score (nSPS) is 9.67. The third kappa shape index (κ3) is 7.78. The molecule has 0 aliphatic rings. The molecule has 0 saturated heterocycles. The van der Waals surface area contributed by atoms with Gasteiger partial charge in [-0.2, -0.15) is 0 Å². The van der Waals surface area contributed by atoms with Gasteiger partial charge in [-0.25, -0.2) is 0 Å². The van der Waals surface area contributed by atoms with Gasteiger partial charge in [-0.15, -0.1) is 0 Å². The van der Waals surface area contributed by atoms with E-state index in [2.05, 4.69) is 23.2 Å². The Bertz CT molecular complexity index is 466. The lowest BCUT2D eigenvalue weighted by atomic mass is 10.1. The van der Waals surface area contributed by atoms with Crippen LogP contribution in [0.3, 0.4) is 0 Å². The summed E-state index contributed by atoms with van der Waals surface area (Å²) in [7, 11) is 1.64. The van der Waals surface area contributed by atoms with E-state index in [0.717, 1.165) is 17.9 Å². The Hall–Kier alpha value is -1.45. The molecule has 0 unspecified atom stereocenters. The minimum absolute atomic E-state index is 0.883. The lowest BCUT2D eigenvalue weighted by molar-refractivity contribution is 0.482. The molecule has 0 heterocycles. The van der Waals surface area contributed by atoms with Crippen molar-refractivity contribution in [3.8, 4) is 11.5 Å². The van der Waals surface area contributed by atoms with Crippen molar-refractivity contribution in [3.63, 3.8) is 0 Å². The van der Waals surface area contributed by atoms with Gasteiger partial charge in [0.2, 0.25) is 0 Å². The molecule has 2 aromatic rings. The summed E-state index contributed by atoms with van der Waals surface area (Å²) in [5.74, 6) is 1.78. The zero-order chi connectivity index (χ0) is 15.3. The zero-order valence-corrected chi connectivity index (χ0v) is 13.9. The topological polar surface area (TPSA) is 18.5 Å². The standard InChI is InChI=1S/C16H18O.C2H6OS/c1-2-3-7-14-10-12-16(13-11-14)17-15-8-5-4-6-9-15;1-3-4-2/h4-6,8-13H,2-3,7H2,1H3;1-2H3. The highest BCUT2D eigenvalue weighted by molar-refractivity contribution is 7.93. The first-order chi connectivity index (χ1) is 10.3. The van der Waals surface area contributed by atoms with Gasteiger partial charge in [0.25, 0.3) is 0 Å². The molecule has 114 valence electrons. The maximum Gasteiger partial charge on any atom is 0.127 e. The molecule has 0 spiro atoms. The van der Waals surface area contributed by atoms with Crippen molar-refractivity contribution in [1.29, 1.82) is 0 Å². The van der Waals surface area contributed by atoms with Crippen LogP contribution in [0.1, 0.15) is 25.3 Å². The minimum Gasteiger partial charge on any atom is -0.457 e. The fraction of sp³-hybridized carbons (Fsp3) is 0.333. The average molecular weight is 304 g/mol. The Morgan fingerprint density at radius 2 is 1.48 bits per heavy atom. The van der Waals surface area contributed by atoms with Crippen molar-refractivity contribution < 1.29 is 8.92 Å². The molecule has 0 aliphatic carbocycles. The molecule has 0 saturated carbocycles. The van der Waals surface area contributed by atoms with Gasteiger partial charge in [-0.05, 0) is 54.7 Å². The molecule has 0 aliphatic heterocycles. The first kappa shape index (κ1) is 17.6. The molecule has 0 fully saturated rings. The Morgan fingerprint density at radius 1 is 0.905 bits per heavy atom. The van der Waals surface area contributed by atoms with Crippen LogP contribution in [0.4, 0.5) is 0 Å². The first-order valence-electron chi connectivity index (χ1n) is 7.18. The second-order valence-corrected chi connectivity index (χ2v) is 5.16. The Kier molecular flexibility index (Phi) is 9.42. The molecular formula is C18H24O2S. The van der Waals surface area contributed by atoms with E-state index in [1.807, 2.05) is 48.7 Å². The van der Waals surface area contributed by atoms with E-state index in [9.17, 15) is 0 Å². The zero-order valence-electron chi connectivity index (χ0n) is 13.0. The van der Waals surface area contributed by atoms with Gasteiger partial charge < -0.3 is 8.92 Å². The third-order valence-corrected chi connectivity index (χ3v) is 3.22. The van der Waals surface area contributed by atoms with Gasteiger partial charge in [0, 0.05) is 6.26 Å². The quantitative estimate of drug-likeness (QED) is 0.635. The molecule has 2 rings (SSSR count). The van der Waals surface area contributed by atoms with Crippen molar-refractivity contribution in [2.24, 2.45) is 0 Å². The summed E-state index contributed by atoms with van der Waals surface area (Å²) in [4.78, 5) is 0. The van der Waals surface area contributed by atoms with Gasteiger partial charge in [0.15, 0.2) is 0 Å². The second kappa shape index (κ2) is 11.2. The van der Waals surface area contributed by atoms with Crippen LogP contribution in [-0.2, 0) is 10.6 Å². The molecule has 0 aromatic heterocycles. The number of ether oxygens (including phenoxy) is 1. The minimum atomic E-state index is 0.883. The predicted octanol–water partition coefficient (Wildman–Crippen LogP) is 5.73. The summed E-state index contributed by atoms with van der Waals surface area (Å²) in [6, 6.07) is 18.2. The molecular weight excluding hydrogens is 280 g/mol. The van der Waals surface area contributed by atoms with E-state index in [-0.39, 0.29) is 0 Å². The number of benzene rings is 2. The van der Waals surface area contributed by atoms with Gasteiger partial charge in [0.1, 0.15) is 11.5 Å². The lowest BCUT2D eigenvalue weighted by Gasteiger charge is -2.06. The second-order valence-electron chi connectivity index (χ2n) is 4.50. The Morgan fingerprint density at radius 3 is 2.00 bits per heavy atom. The summed E-state index contributed by atoms with van der Waals surface area (Å²) >= 11 is 1.36. The van der Waals surface area contributed by atoms with Crippen molar-refractivity contribution in [3.05, 3.63) is 60.2 Å². The average Bonchev–Trinajstić information content (AvgIpc) is 2.55. The largest absolute Gasteiger partial charge is 0.457 e. The molecule has 0 radical (unpaired) electrons. The number of hydrogen-bond acceptors (Lipinski definition) is 3. The Balaban J connectivity index is 0.000000491. The maximum atomic E-state index is 5.74. The summed E-state index contributed by atoms with van der Waals surface area (Å²) < 4.78 is 10.2. The van der Waals surface area contributed by atoms with E-state index < -0.39 is 0 Å². The van der Waals surface area contributed by atoms with Crippen molar-refractivity contribution in [2.75, 3.05) is 13.4 Å². The molecule has 2 aromatic carbocycles. The van der Waals surface area contributed by atoms with E-state index in [0.29, 0.717) is 0 Å². The number of hydrogen-bond donors (Lipinski definition) is 0. The summed E-state index contributed by atoms with van der Waals surface area (Å²) in [6.07, 6.45) is 5.52. The molecule has 3 heteroatoms. The van der Waals surface area contributed by atoms with Crippen LogP contribution < -0.4 is 4.74 Å². The number of aryl methyl sites for hydroxylation is 1. The number of unbranched alkanes of at least 4 members (excludes halogenated alkanes) is 1. The molecule has 0 N–H and O–H groups in total. The van der Waals surface area contributed by atoms with Crippen LogP contribution in [0.2, 0.25) is 0 Å². The SMILES string of the molecule is CCCCc1ccc(Oc2ccccc2)cc1.COSC. The van der Waals surface area contributed by atoms with Crippen LogP contribution in [-0.4, -0.2) is 13.4 Å². The molecule has 21 heavy (non-hydrogen) atoms. The first-order valence-corrected chi connectivity index (χ1v) is 8.33. The lowest BCUT2D eigenvalue weighted by Crippen LogP contribution is -1.86. The van der Waals surface area contributed by atoms with Crippen LogP contribution >= 0.6 is 12.0 Å². The highest BCUT2D eigenvalue weighted by atomic mass is 32.2. The molecule has 2 nitrogen and oxygen atoms in total.